The van der Waals surface area contributed by atoms with E-state index in [1.165, 1.54) is 0 Å². The van der Waals surface area contributed by atoms with Gasteiger partial charge in [-0.3, -0.25) is 0 Å². The summed E-state index contributed by atoms with van der Waals surface area (Å²) in [5, 5.41) is 5.80. The molecule has 0 amide bonds. The molecule has 29 heavy (non-hydrogen) atoms. The summed E-state index contributed by atoms with van der Waals surface area (Å²) in [5.41, 5.74) is 2.52. The van der Waals surface area contributed by atoms with Crippen LogP contribution in [-0.2, 0) is 14.6 Å². The van der Waals surface area contributed by atoms with Crippen molar-refractivity contribution in [2.24, 2.45) is 0 Å². The fourth-order valence-electron chi connectivity index (χ4n) is 3.55. The fourth-order valence-corrected chi connectivity index (χ4v) is 5.03. The molecule has 1 saturated heterocycles. The zero-order chi connectivity index (χ0) is 20.4. The first kappa shape index (κ1) is 20.1. The van der Waals surface area contributed by atoms with Crippen LogP contribution in [0.2, 0.25) is 5.02 Å². The highest BCUT2D eigenvalue weighted by atomic mass is 35.5. The van der Waals surface area contributed by atoms with Gasteiger partial charge in [0.2, 0.25) is 0 Å². The lowest BCUT2D eigenvalue weighted by Crippen LogP contribution is -2.19. The lowest BCUT2D eigenvalue weighted by Gasteiger charge is -2.23. The van der Waals surface area contributed by atoms with Gasteiger partial charge in [0.05, 0.1) is 26.9 Å². The second kappa shape index (κ2) is 8.30. The smallest absolute Gasteiger partial charge is 0.179 e. The van der Waals surface area contributed by atoms with Crippen molar-refractivity contribution in [1.82, 2.24) is 9.78 Å². The summed E-state index contributed by atoms with van der Waals surface area (Å²) in [7, 11) is -3.45. The molecule has 0 aliphatic carbocycles. The molecule has 3 aromatic rings. The predicted molar refractivity (Wildman–Crippen MR) is 117 cm³/mol. The van der Waals surface area contributed by atoms with E-state index in [0.717, 1.165) is 41.4 Å². The number of fused-ring (bicyclic) bond motifs is 1. The van der Waals surface area contributed by atoms with Gasteiger partial charge >= 0.3 is 0 Å². The minimum absolute atomic E-state index is 0.00689. The maximum absolute atomic E-state index is 12.5. The summed E-state index contributed by atoms with van der Waals surface area (Å²) in [6.45, 7) is 2.29. The van der Waals surface area contributed by atoms with Gasteiger partial charge in [-0.1, -0.05) is 54.9 Å². The van der Waals surface area contributed by atoms with Crippen LogP contribution in [0.5, 0.6) is 0 Å². The molecule has 1 unspecified atom stereocenters. The molecule has 0 spiro atoms. The standard InChI is InChI=1S/C22H23ClN2O3S/c1-2-29(26,27)21-15-20-17(14-18(21)23)19(12-11-16-8-4-3-5-9-16)24-25(20)22-10-6-7-13-28-22/h3-5,8-9,11-12,14-15,22H,2,6-7,10,13H2,1H3. The van der Waals surface area contributed by atoms with Crippen LogP contribution in [0, 0.1) is 0 Å². The van der Waals surface area contributed by atoms with Crippen LogP contribution < -0.4 is 0 Å². The molecule has 0 saturated carbocycles. The second-order valence-electron chi connectivity index (χ2n) is 7.10. The number of halogens is 1. The SMILES string of the molecule is CCS(=O)(=O)c1cc2c(cc1Cl)c(C=Cc1ccccc1)nn2C1CCCCO1. The normalized spacial score (nSPS) is 17.9. The third-order valence-corrected chi connectivity index (χ3v) is 7.36. The summed E-state index contributed by atoms with van der Waals surface area (Å²) in [5.74, 6) is -0.00689. The van der Waals surface area contributed by atoms with Crippen LogP contribution in [0.3, 0.4) is 0 Å². The molecular weight excluding hydrogens is 408 g/mol. The van der Waals surface area contributed by atoms with E-state index in [1.54, 1.807) is 19.1 Å². The van der Waals surface area contributed by atoms with Crippen molar-refractivity contribution in [2.75, 3.05) is 12.4 Å². The number of benzene rings is 2. The Bertz CT molecular complexity index is 1150. The molecule has 152 valence electrons. The average Bonchev–Trinajstić information content (AvgIpc) is 3.10. The van der Waals surface area contributed by atoms with Crippen LogP contribution in [0.1, 0.15) is 43.7 Å². The summed E-state index contributed by atoms with van der Waals surface area (Å²) < 4.78 is 32.8. The van der Waals surface area contributed by atoms with E-state index in [9.17, 15) is 8.42 Å². The molecule has 2 aromatic carbocycles. The summed E-state index contributed by atoms with van der Waals surface area (Å²) in [4.78, 5) is 0.143. The van der Waals surface area contributed by atoms with Gasteiger partial charge in [-0.15, -0.1) is 0 Å². The maximum Gasteiger partial charge on any atom is 0.179 e. The first-order valence-corrected chi connectivity index (χ1v) is 11.8. The van der Waals surface area contributed by atoms with E-state index in [4.69, 9.17) is 21.4 Å². The molecule has 1 aliphatic rings. The zero-order valence-electron chi connectivity index (χ0n) is 16.2. The number of sulfone groups is 1. The van der Waals surface area contributed by atoms with Gasteiger partial charge in [-0.25, -0.2) is 13.1 Å². The quantitative estimate of drug-likeness (QED) is 0.547. The summed E-state index contributed by atoms with van der Waals surface area (Å²) in [6.07, 6.45) is 6.63. The van der Waals surface area contributed by atoms with Gasteiger partial charge in [0, 0.05) is 12.0 Å². The minimum atomic E-state index is -3.45. The first-order chi connectivity index (χ1) is 14.0. The zero-order valence-corrected chi connectivity index (χ0v) is 17.8. The van der Waals surface area contributed by atoms with Gasteiger partial charge in [0.25, 0.3) is 0 Å². The molecule has 4 rings (SSSR count). The van der Waals surface area contributed by atoms with Crippen LogP contribution in [0.4, 0.5) is 0 Å². The van der Waals surface area contributed by atoms with E-state index in [0.29, 0.717) is 6.61 Å². The van der Waals surface area contributed by atoms with Crippen molar-refractivity contribution in [3.8, 4) is 0 Å². The number of aromatic nitrogens is 2. The van der Waals surface area contributed by atoms with Crippen molar-refractivity contribution >= 4 is 44.5 Å². The average molecular weight is 431 g/mol. The van der Waals surface area contributed by atoms with Crippen molar-refractivity contribution in [3.63, 3.8) is 0 Å². The highest BCUT2D eigenvalue weighted by molar-refractivity contribution is 7.91. The third kappa shape index (κ3) is 4.10. The molecule has 5 nitrogen and oxygen atoms in total. The molecule has 0 N–H and O–H groups in total. The molecule has 1 aliphatic heterocycles. The number of ether oxygens (including phenoxy) is 1. The van der Waals surface area contributed by atoms with Gasteiger partial charge in [-0.05, 0) is 43.0 Å². The largest absolute Gasteiger partial charge is 0.356 e. The Morgan fingerprint density at radius 3 is 2.69 bits per heavy atom. The lowest BCUT2D eigenvalue weighted by molar-refractivity contribution is -0.0367. The molecule has 0 bridgehead atoms. The molecule has 2 heterocycles. The van der Waals surface area contributed by atoms with Crippen LogP contribution in [0.15, 0.2) is 47.4 Å². The van der Waals surface area contributed by atoms with Crippen LogP contribution in [-0.4, -0.2) is 30.6 Å². The van der Waals surface area contributed by atoms with Crippen LogP contribution >= 0.6 is 11.6 Å². The number of rotatable bonds is 5. The highest BCUT2D eigenvalue weighted by Gasteiger charge is 2.24. The predicted octanol–water partition coefficient (Wildman–Crippen LogP) is 5.35. The van der Waals surface area contributed by atoms with Gasteiger partial charge in [0.1, 0.15) is 0 Å². The van der Waals surface area contributed by atoms with E-state index in [-0.39, 0.29) is 21.9 Å². The Morgan fingerprint density at radius 1 is 1.21 bits per heavy atom. The Kier molecular flexibility index (Phi) is 5.76. The van der Waals surface area contributed by atoms with E-state index in [2.05, 4.69) is 0 Å². The summed E-state index contributed by atoms with van der Waals surface area (Å²) >= 11 is 6.38. The van der Waals surface area contributed by atoms with E-state index >= 15 is 0 Å². The molecule has 1 aromatic heterocycles. The Balaban J connectivity index is 1.87. The summed E-state index contributed by atoms with van der Waals surface area (Å²) in [6, 6.07) is 13.3. The molecule has 1 fully saturated rings. The number of hydrogen-bond acceptors (Lipinski definition) is 4. The monoisotopic (exact) mass is 430 g/mol. The fraction of sp³-hybridized carbons (Fsp3) is 0.318. The second-order valence-corrected chi connectivity index (χ2v) is 9.75. The number of hydrogen-bond donors (Lipinski definition) is 0. The van der Waals surface area contributed by atoms with Gasteiger partial charge in [-0.2, -0.15) is 5.10 Å². The van der Waals surface area contributed by atoms with E-state index < -0.39 is 9.84 Å². The van der Waals surface area contributed by atoms with E-state index in [1.807, 2.05) is 47.2 Å². The topological polar surface area (TPSA) is 61.2 Å². The molecule has 7 heteroatoms. The van der Waals surface area contributed by atoms with Crippen molar-refractivity contribution in [1.29, 1.82) is 0 Å². The highest BCUT2D eigenvalue weighted by Crippen LogP contribution is 2.34. The molecular formula is C22H23ClN2O3S. The Morgan fingerprint density at radius 2 is 2.00 bits per heavy atom. The third-order valence-electron chi connectivity index (χ3n) is 5.17. The lowest BCUT2D eigenvalue weighted by atomic mass is 10.1. The maximum atomic E-state index is 12.5. The van der Waals surface area contributed by atoms with Crippen molar-refractivity contribution in [2.45, 2.75) is 37.3 Å². The Hall–Kier alpha value is -2.15. The number of nitrogens with zero attached hydrogens (tertiary/aromatic N) is 2. The molecule has 1 atom stereocenters. The molecule has 0 radical (unpaired) electrons. The first-order valence-electron chi connectivity index (χ1n) is 9.79. The van der Waals surface area contributed by atoms with Gasteiger partial charge in [0.15, 0.2) is 16.1 Å². The minimum Gasteiger partial charge on any atom is -0.356 e. The Labute approximate surface area is 175 Å². The van der Waals surface area contributed by atoms with Crippen molar-refractivity contribution < 1.29 is 13.2 Å². The van der Waals surface area contributed by atoms with Gasteiger partial charge < -0.3 is 4.74 Å². The van der Waals surface area contributed by atoms with Crippen LogP contribution in [0.25, 0.3) is 23.1 Å². The van der Waals surface area contributed by atoms with Crippen molar-refractivity contribution in [3.05, 3.63) is 58.7 Å².